The number of rotatable bonds is 10. The number of hydrogen-bond acceptors (Lipinski definition) is 4. The van der Waals surface area contributed by atoms with E-state index in [1.54, 1.807) is 0 Å². The summed E-state index contributed by atoms with van der Waals surface area (Å²) in [5.41, 5.74) is 4.81. The molecule has 0 heterocycles. The molecule has 0 aliphatic rings. The van der Waals surface area contributed by atoms with Gasteiger partial charge in [-0.2, -0.15) is 0 Å². The molecule has 0 aliphatic carbocycles. The average molecular weight is 300 g/mol. The van der Waals surface area contributed by atoms with Gasteiger partial charge in [0.25, 0.3) is 0 Å². The van der Waals surface area contributed by atoms with Crippen molar-refractivity contribution in [3.05, 3.63) is 0 Å². The third-order valence-corrected chi connectivity index (χ3v) is 4.34. The Morgan fingerprint density at radius 3 is 2.33 bits per heavy atom. The molecule has 21 heavy (non-hydrogen) atoms. The highest BCUT2D eigenvalue weighted by molar-refractivity contribution is 6.06. The molecule has 124 valence electrons. The van der Waals surface area contributed by atoms with E-state index < -0.39 is 5.41 Å². The molecule has 0 atom stereocenters. The maximum atomic E-state index is 12.3. The first-order chi connectivity index (χ1) is 9.85. The second-order valence-electron chi connectivity index (χ2n) is 5.81. The molecule has 6 nitrogen and oxygen atoms in total. The Balaban J connectivity index is 4.29. The maximum absolute atomic E-state index is 12.3. The molecular formula is C15H32N4O2. The number of nitrogens with two attached hydrogens (primary N) is 1. The van der Waals surface area contributed by atoms with Gasteiger partial charge in [-0.15, -0.1) is 0 Å². The van der Waals surface area contributed by atoms with Crippen molar-refractivity contribution >= 4 is 11.7 Å². The fraction of sp³-hybridized carbons (Fsp3) is 0.867. The average Bonchev–Trinajstić information content (AvgIpc) is 2.47. The van der Waals surface area contributed by atoms with Crippen LogP contribution < -0.4 is 11.1 Å². The molecule has 0 fully saturated rings. The zero-order valence-electron chi connectivity index (χ0n) is 14.1. The van der Waals surface area contributed by atoms with Crippen LogP contribution in [-0.4, -0.2) is 48.0 Å². The van der Waals surface area contributed by atoms with Gasteiger partial charge in [0.15, 0.2) is 5.84 Å². The van der Waals surface area contributed by atoms with Crippen LogP contribution in [0.4, 0.5) is 0 Å². The molecule has 0 radical (unpaired) electrons. The molecule has 0 bridgehead atoms. The van der Waals surface area contributed by atoms with Crippen LogP contribution in [0, 0.1) is 5.41 Å². The molecule has 0 aromatic heterocycles. The van der Waals surface area contributed by atoms with Crippen molar-refractivity contribution in [2.75, 3.05) is 20.1 Å². The van der Waals surface area contributed by atoms with Gasteiger partial charge in [-0.25, -0.2) is 0 Å². The SMILES string of the molecule is CCC(CC)(C(=O)NCCCCN(C)C(C)C)C(N)=NO. The zero-order valence-corrected chi connectivity index (χ0v) is 14.1. The summed E-state index contributed by atoms with van der Waals surface area (Å²) in [7, 11) is 2.10. The van der Waals surface area contributed by atoms with Crippen LogP contribution in [0.5, 0.6) is 0 Å². The van der Waals surface area contributed by atoms with Crippen molar-refractivity contribution in [2.24, 2.45) is 16.3 Å². The number of amides is 1. The third-order valence-electron chi connectivity index (χ3n) is 4.34. The van der Waals surface area contributed by atoms with E-state index in [0.29, 0.717) is 25.4 Å². The van der Waals surface area contributed by atoms with Crippen LogP contribution >= 0.6 is 0 Å². The van der Waals surface area contributed by atoms with Crippen LogP contribution in [0.25, 0.3) is 0 Å². The molecule has 4 N–H and O–H groups in total. The van der Waals surface area contributed by atoms with Crippen molar-refractivity contribution in [2.45, 2.75) is 59.4 Å². The van der Waals surface area contributed by atoms with Gasteiger partial charge in [-0.1, -0.05) is 19.0 Å². The lowest BCUT2D eigenvalue weighted by atomic mass is 9.80. The summed E-state index contributed by atoms with van der Waals surface area (Å²) in [5.74, 6) is -0.162. The van der Waals surface area contributed by atoms with Gasteiger partial charge in [0, 0.05) is 12.6 Å². The zero-order chi connectivity index (χ0) is 16.5. The summed E-state index contributed by atoms with van der Waals surface area (Å²) in [4.78, 5) is 14.6. The lowest BCUT2D eigenvalue weighted by molar-refractivity contribution is -0.128. The van der Waals surface area contributed by atoms with Gasteiger partial charge in [0.2, 0.25) is 5.91 Å². The highest BCUT2D eigenvalue weighted by Crippen LogP contribution is 2.26. The van der Waals surface area contributed by atoms with E-state index in [4.69, 9.17) is 10.9 Å². The van der Waals surface area contributed by atoms with E-state index in [2.05, 4.69) is 36.3 Å². The molecule has 0 spiro atoms. The monoisotopic (exact) mass is 300 g/mol. The summed E-state index contributed by atoms with van der Waals surface area (Å²) < 4.78 is 0. The molecule has 0 saturated heterocycles. The number of nitrogens with zero attached hydrogens (tertiary/aromatic N) is 2. The first-order valence-electron chi connectivity index (χ1n) is 7.82. The van der Waals surface area contributed by atoms with Gasteiger partial charge in [-0.3, -0.25) is 4.79 Å². The highest BCUT2D eigenvalue weighted by Gasteiger charge is 2.39. The van der Waals surface area contributed by atoms with Crippen LogP contribution in [0.3, 0.4) is 0 Å². The van der Waals surface area contributed by atoms with Crippen LogP contribution in [0.2, 0.25) is 0 Å². The van der Waals surface area contributed by atoms with E-state index >= 15 is 0 Å². The van der Waals surface area contributed by atoms with E-state index in [-0.39, 0.29) is 11.7 Å². The molecule has 0 rings (SSSR count). The molecule has 6 heteroatoms. The van der Waals surface area contributed by atoms with Crippen molar-refractivity contribution in [3.63, 3.8) is 0 Å². The summed E-state index contributed by atoms with van der Waals surface area (Å²) in [6, 6.07) is 0.535. The second-order valence-corrected chi connectivity index (χ2v) is 5.81. The molecular weight excluding hydrogens is 268 g/mol. The van der Waals surface area contributed by atoms with Crippen LogP contribution in [0.15, 0.2) is 5.16 Å². The Labute approximate surface area is 128 Å². The fourth-order valence-corrected chi connectivity index (χ4v) is 2.26. The number of hydrogen-bond donors (Lipinski definition) is 3. The number of carbonyl (C=O) groups excluding carboxylic acids is 1. The number of nitrogens with one attached hydrogen (secondary N) is 1. The fourth-order valence-electron chi connectivity index (χ4n) is 2.26. The second kappa shape index (κ2) is 9.60. The number of amidine groups is 1. The lowest BCUT2D eigenvalue weighted by Crippen LogP contribution is -2.49. The molecule has 1 amide bonds. The van der Waals surface area contributed by atoms with Crippen molar-refractivity contribution in [1.82, 2.24) is 10.2 Å². The summed E-state index contributed by atoms with van der Waals surface area (Å²) in [6.45, 7) is 9.70. The Kier molecular flexibility index (Phi) is 9.01. The Morgan fingerprint density at radius 1 is 1.33 bits per heavy atom. The molecule has 0 unspecified atom stereocenters. The van der Waals surface area contributed by atoms with Gasteiger partial charge in [-0.05, 0) is 53.1 Å². The Bertz CT molecular complexity index is 339. The predicted molar refractivity (Wildman–Crippen MR) is 86.4 cm³/mol. The third kappa shape index (κ3) is 5.53. The number of carbonyl (C=O) groups is 1. The first kappa shape index (κ1) is 19.7. The van der Waals surface area contributed by atoms with Gasteiger partial charge in [0.1, 0.15) is 5.41 Å². The van der Waals surface area contributed by atoms with Crippen LogP contribution in [-0.2, 0) is 4.79 Å². The Morgan fingerprint density at radius 2 is 1.90 bits per heavy atom. The minimum Gasteiger partial charge on any atom is -0.409 e. The van der Waals surface area contributed by atoms with Gasteiger partial charge in [0.05, 0.1) is 0 Å². The number of unbranched alkanes of at least 4 members (excludes halogenated alkanes) is 1. The minimum atomic E-state index is -0.899. The summed E-state index contributed by atoms with van der Waals surface area (Å²) >= 11 is 0. The molecule has 0 aliphatic heterocycles. The Hall–Kier alpha value is -1.30. The van der Waals surface area contributed by atoms with E-state index in [1.807, 2.05) is 13.8 Å². The largest absolute Gasteiger partial charge is 0.409 e. The predicted octanol–water partition coefficient (Wildman–Crippen LogP) is 1.78. The minimum absolute atomic E-state index is 0.00968. The van der Waals surface area contributed by atoms with E-state index in [1.165, 1.54) is 0 Å². The number of oxime groups is 1. The first-order valence-corrected chi connectivity index (χ1v) is 7.82. The smallest absolute Gasteiger partial charge is 0.233 e. The van der Waals surface area contributed by atoms with Crippen molar-refractivity contribution in [1.29, 1.82) is 0 Å². The van der Waals surface area contributed by atoms with Crippen molar-refractivity contribution < 1.29 is 10.0 Å². The van der Waals surface area contributed by atoms with Gasteiger partial charge < -0.3 is 21.2 Å². The molecule has 0 saturated carbocycles. The van der Waals surface area contributed by atoms with E-state index in [0.717, 1.165) is 19.4 Å². The normalized spacial score (nSPS) is 13.0. The highest BCUT2D eigenvalue weighted by atomic mass is 16.4. The van der Waals surface area contributed by atoms with Gasteiger partial charge >= 0.3 is 0 Å². The summed E-state index contributed by atoms with van der Waals surface area (Å²) in [6.07, 6.45) is 2.98. The van der Waals surface area contributed by atoms with Crippen LogP contribution in [0.1, 0.15) is 53.4 Å². The molecule has 0 aromatic rings. The van der Waals surface area contributed by atoms with Crippen molar-refractivity contribution in [3.8, 4) is 0 Å². The van der Waals surface area contributed by atoms with E-state index in [9.17, 15) is 4.79 Å². The maximum Gasteiger partial charge on any atom is 0.233 e. The lowest BCUT2D eigenvalue weighted by Gasteiger charge is -2.28. The topological polar surface area (TPSA) is 91.0 Å². The molecule has 0 aromatic carbocycles. The summed E-state index contributed by atoms with van der Waals surface area (Å²) in [5, 5.41) is 14.8. The standard InChI is InChI=1S/C15H32N4O2/c1-6-15(7-2,13(16)18-21)14(20)17-10-8-9-11-19(5)12(3)4/h12,21H,6-11H2,1-5H3,(H2,16,18)(H,17,20). The quantitative estimate of drug-likeness (QED) is 0.188.